The number of aliphatic carboxylic acids is 1. The Hall–Kier alpha value is -4.02. The van der Waals surface area contributed by atoms with Crippen LogP contribution in [0.3, 0.4) is 0 Å². The summed E-state index contributed by atoms with van der Waals surface area (Å²) in [5, 5.41) is 9.73. The number of benzene rings is 3. The molecule has 0 aromatic heterocycles. The summed E-state index contributed by atoms with van der Waals surface area (Å²) < 4.78 is 32.6. The van der Waals surface area contributed by atoms with Crippen molar-refractivity contribution in [2.75, 3.05) is 13.6 Å². The molecule has 1 heterocycles. The van der Waals surface area contributed by atoms with Crippen molar-refractivity contribution in [3.05, 3.63) is 90.0 Å². The van der Waals surface area contributed by atoms with Gasteiger partial charge in [-0.05, 0) is 55.0 Å². The van der Waals surface area contributed by atoms with E-state index in [4.69, 9.17) is 4.74 Å². The molecule has 0 aliphatic carbocycles. The number of hydrogen-bond acceptors (Lipinski definition) is 6. The zero-order valence-corrected chi connectivity index (χ0v) is 19.5. The second kappa shape index (κ2) is 9.69. The van der Waals surface area contributed by atoms with Crippen molar-refractivity contribution in [2.45, 2.75) is 17.4 Å². The topological polar surface area (TPSA) is 121 Å². The van der Waals surface area contributed by atoms with Gasteiger partial charge in [0.2, 0.25) is 10.0 Å². The van der Waals surface area contributed by atoms with E-state index in [-0.39, 0.29) is 29.0 Å². The van der Waals surface area contributed by atoms with Crippen LogP contribution in [0.15, 0.2) is 83.8 Å². The number of para-hydroxylation sites is 1. The fourth-order valence-corrected chi connectivity index (χ4v) is 5.14. The molecule has 35 heavy (non-hydrogen) atoms. The number of carboxylic acids is 1. The van der Waals surface area contributed by atoms with Crippen LogP contribution in [0.25, 0.3) is 0 Å². The molecular weight excluding hydrogens is 472 g/mol. The van der Waals surface area contributed by atoms with Crippen LogP contribution in [0.1, 0.15) is 27.1 Å². The van der Waals surface area contributed by atoms with Gasteiger partial charge in [0.1, 0.15) is 17.5 Å². The molecule has 3 aromatic rings. The summed E-state index contributed by atoms with van der Waals surface area (Å²) in [6.45, 7) is -0.243. The number of amides is 2. The van der Waals surface area contributed by atoms with Crippen molar-refractivity contribution in [1.29, 1.82) is 0 Å². The minimum absolute atomic E-state index is 0.118. The first-order chi connectivity index (χ1) is 16.7. The summed E-state index contributed by atoms with van der Waals surface area (Å²) in [5.41, 5.74) is 0.478. The third-order valence-electron chi connectivity index (χ3n) is 5.71. The maximum atomic E-state index is 13.1. The number of carbonyl (C=O) groups is 3. The lowest BCUT2D eigenvalue weighted by molar-refractivity contribution is -0.141. The van der Waals surface area contributed by atoms with E-state index in [1.807, 2.05) is 6.07 Å². The van der Waals surface area contributed by atoms with Crippen molar-refractivity contribution >= 4 is 27.8 Å². The second-order valence-corrected chi connectivity index (χ2v) is 9.86. The molecule has 3 aromatic carbocycles. The molecule has 1 aliphatic heterocycles. The maximum Gasteiger partial charge on any atom is 0.322 e. The van der Waals surface area contributed by atoms with E-state index in [2.05, 4.69) is 0 Å². The van der Waals surface area contributed by atoms with Gasteiger partial charge >= 0.3 is 5.97 Å². The Morgan fingerprint density at radius 3 is 1.94 bits per heavy atom. The van der Waals surface area contributed by atoms with E-state index >= 15 is 0 Å². The molecule has 180 valence electrons. The van der Waals surface area contributed by atoms with E-state index in [1.165, 1.54) is 36.4 Å². The highest BCUT2D eigenvalue weighted by atomic mass is 32.2. The molecule has 0 saturated heterocycles. The van der Waals surface area contributed by atoms with Crippen LogP contribution in [0.2, 0.25) is 0 Å². The molecule has 0 saturated carbocycles. The lowest BCUT2D eigenvalue weighted by Crippen LogP contribution is -2.45. The summed E-state index contributed by atoms with van der Waals surface area (Å²) in [6, 6.07) is 19.4. The van der Waals surface area contributed by atoms with Crippen molar-refractivity contribution < 1.29 is 32.6 Å². The molecule has 0 spiro atoms. The van der Waals surface area contributed by atoms with Crippen LogP contribution < -0.4 is 4.74 Å². The monoisotopic (exact) mass is 494 g/mol. The predicted molar refractivity (Wildman–Crippen MR) is 126 cm³/mol. The highest BCUT2D eigenvalue weighted by Gasteiger charge is 2.38. The molecule has 0 bridgehead atoms. The number of sulfonamides is 1. The fraction of sp³-hybridized carbons (Fsp3) is 0.160. The minimum atomic E-state index is -4.19. The average Bonchev–Trinajstić information content (AvgIpc) is 3.10. The van der Waals surface area contributed by atoms with Crippen LogP contribution >= 0.6 is 0 Å². The first-order valence-electron chi connectivity index (χ1n) is 10.7. The third-order valence-corrected chi connectivity index (χ3v) is 7.59. The summed E-state index contributed by atoms with van der Waals surface area (Å²) in [4.78, 5) is 37.9. The number of carbonyl (C=O) groups excluding carboxylic acids is 2. The van der Waals surface area contributed by atoms with Crippen LogP contribution in [-0.4, -0.2) is 60.1 Å². The van der Waals surface area contributed by atoms with Gasteiger partial charge in [-0.1, -0.05) is 30.3 Å². The summed E-state index contributed by atoms with van der Waals surface area (Å²) in [5.74, 6) is -1.46. The molecule has 2 amide bonds. The third kappa shape index (κ3) is 4.79. The van der Waals surface area contributed by atoms with Crippen LogP contribution in [-0.2, 0) is 14.8 Å². The van der Waals surface area contributed by atoms with E-state index in [0.29, 0.717) is 11.5 Å². The Bertz CT molecular complexity index is 1340. The quantitative estimate of drug-likeness (QED) is 0.453. The minimum Gasteiger partial charge on any atom is -0.480 e. The molecule has 1 N–H and O–H groups in total. The van der Waals surface area contributed by atoms with Gasteiger partial charge in [-0.25, -0.2) is 8.42 Å². The molecular formula is C25H22N2O7S. The van der Waals surface area contributed by atoms with E-state index in [1.54, 1.807) is 36.4 Å². The van der Waals surface area contributed by atoms with Gasteiger partial charge in [-0.2, -0.15) is 4.31 Å². The van der Waals surface area contributed by atoms with E-state index < -0.39 is 33.8 Å². The first-order valence-corrected chi connectivity index (χ1v) is 12.1. The van der Waals surface area contributed by atoms with Gasteiger partial charge in [0.05, 0.1) is 16.0 Å². The zero-order valence-electron chi connectivity index (χ0n) is 18.7. The van der Waals surface area contributed by atoms with Gasteiger partial charge in [0, 0.05) is 13.6 Å². The Labute approximate surface area is 202 Å². The Kier molecular flexibility index (Phi) is 6.68. The van der Waals surface area contributed by atoms with Gasteiger partial charge in [-0.3, -0.25) is 19.3 Å². The molecule has 0 unspecified atom stereocenters. The summed E-state index contributed by atoms with van der Waals surface area (Å²) in [6.07, 6.45) is -0.272. The molecule has 1 atom stereocenters. The van der Waals surface area contributed by atoms with Gasteiger partial charge in [-0.15, -0.1) is 0 Å². The second-order valence-electron chi connectivity index (χ2n) is 7.86. The van der Waals surface area contributed by atoms with Crippen molar-refractivity contribution in [2.24, 2.45) is 0 Å². The smallest absolute Gasteiger partial charge is 0.322 e. The Morgan fingerprint density at radius 2 is 1.40 bits per heavy atom. The van der Waals surface area contributed by atoms with E-state index in [9.17, 15) is 27.9 Å². The molecule has 4 rings (SSSR count). The van der Waals surface area contributed by atoms with Crippen molar-refractivity contribution in [3.8, 4) is 11.5 Å². The normalized spacial score (nSPS) is 14.2. The molecule has 9 nitrogen and oxygen atoms in total. The number of hydrogen-bond donors (Lipinski definition) is 1. The lowest BCUT2D eigenvalue weighted by atomic mass is 10.1. The van der Waals surface area contributed by atoms with E-state index in [0.717, 1.165) is 16.3 Å². The average molecular weight is 495 g/mol. The molecule has 1 aliphatic rings. The number of rotatable bonds is 9. The highest BCUT2D eigenvalue weighted by molar-refractivity contribution is 7.89. The van der Waals surface area contributed by atoms with Gasteiger partial charge < -0.3 is 9.84 Å². The van der Waals surface area contributed by atoms with Crippen LogP contribution in [0.5, 0.6) is 11.5 Å². The number of carboxylic acid groups (broad SMARTS) is 1. The fourth-order valence-electron chi connectivity index (χ4n) is 3.79. The highest BCUT2D eigenvalue weighted by Crippen LogP contribution is 2.26. The number of likely N-dealkylation sites (N-methyl/N-ethyl adjacent to an activating group) is 1. The van der Waals surface area contributed by atoms with Gasteiger partial charge in [0.15, 0.2) is 0 Å². The molecule has 0 radical (unpaired) electrons. The molecule has 0 fully saturated rings. The van der Waals surface area contributed by atoms with Crippen molar-refractivity contribution in [1.82, 2.24) is 9.21 Å². The number of nitrogens with zero attached hydrogens (tertiary/aromatic N) is 2. The Morgan fingerprint density at radius 1 is 0.886 bits per heavy atom. The number of imide groups is 1. The Balaban J connectivity index is 1.47. The standard InChI is InChI=1S/C25H22N2O7S/c1-26(35(32,33)19-13-11-18(12-14-19)34-17-7-3-2-4-8-17)22(25(30)31)15-16-27-23(28)20-9-5-6-10-21(20)24(27)29/h2-14,22H,15-16H2,1H3,(H,30,31)/t22-/m1/s1. The summed E-state index contributed by atoms with van der Waals surface area (Å²) in [7, 11) is -3.03. The SMILES string of the molecule is CN([C@H](CCN1C(=O)c2ccccc2C1=O)C(=O)O)S(=O)(=O)c1ccc(Oc2ccccc2)cc1. The van der Waals surface area contributed by atoms with Crippen molar-refractivity contribution in [3.63, 3.8) is 0 Å². The number of fused-ring (bicyclic) bond motifs is 1. The molecule has 10 heteroatoms. The van der Waals surface area contributed by atoms with Crippen LogP contribution in [0, 0.1) is 0 Å². The predicted octanol–water partition coefficient (Wildman–Crippen LogP) is 3.24. The zero-order chi connectivity index (χ0) is 25.2. The maximum absolute atomic E-state index is 13.1. The first kappa shape index (κ1) is 24.1. The van der Waals surface area contributed by atoms with Crippen LogP contribution in [0.4, 0.5) is 0 Å². The largest absolute Gasteiger partial charge is 0.480 e. The lowest BCUT2D eigenvalue weighted by Gasteiger charge is -2.25. The summed E-state index contributed by atoms with van der Waals surface area (Å²) >= 11 is 0. The number of ether oxygens (including phenoxy) is 1. The van der Waals surface area contributed by atoms with Gasteiger partial charge in [0.25, 0.3) is 11.8 Å².